The average molecular weight is 727 g/mol. The standard InChI is InChI=1S/C41H75O8P/c1-4-6-8-10-12-14-16-18-20-21-22-24-25-27-29-31-33-35-40(42)47-37-39(38-48-50(44,45)46-3)49-41(43)36-34-32-30-28-26-23-19-17-15-13-11-9-7-5-2/h11,13,17-20,39H,4-10,12,14-16,21-38H2,1-3H3,(H,44,45)/b13-11-,19-17-,20-18-. The molecule has 2 atom stereocenters. The van der Waals surface area contributed by atoms with Gasteiger partial charge in [0.15, 0.2) is 6.10 Å². The van der Waals surface area contributed by atoms with Crippen LogP contribution in [0.15, 0.2) is 36.5 Å². The van der Waals surface area contributed by atoms with E-state index in [9.17, 15) is 19.0 Å². The fourth-order valence-corrected chi connectivity index (χ4v) is 5.89. The quantitative estimate of drug-likeness (QED) is 0.0292. The van der Waals surface area contributed by atoms with Gasteiger partial charge in [0.25, 0.3) is 0 Å². The summed E-state index contributed by atoms with van der Waals surface area (Å²) in [4.78, 5) is 34.4. The lowest BCUT2D eigenvalue weighted by Gasteiger charge is -2.19. The first-order chi connectivity index (χ1) is 24.3. The topological polar surface area (TPSA) is 108 Å². The summed E-state index contributed by atoms with van der Waals surface area (Å²) >= 11 is 0. The average Bonchev–Trinajstić information content (AvgIpc) is 3.10. The van der Waals surface area contributed by atoms with Crippen LogP contribution >= 0.6 is 7.82 Å². The van der Waals surface area contributed by atoms with E-state index in [4.69, 9.17) is 14.0 Å². The first-order valence-corrected chi connectivity index (χ1v) is 21.7. The molecule has 0 fully saturated rings. The van der Waals surface area contributed by atoms with E-state index in [-0.39, 0.29) is 25.4 Å². The van der Waals surface area contributed by atoms with Crippen LogP contribution in [0.1, 0.15) is 187 Å². The third-order valence-corrected chi connectivity index (χ3v) is 9.54. The van der Waals surface area contributed by atoms with Crippen LogP contribution in [-0.4, -0.2) is 43.3 Å². The fraction of sp³-hybridized carbons (Fsp3) is 0.805. The molecule has 0 saturated heterocycles. The zero-order valence-corrected chi connectivity index (χ0v) is 33.2. The number of carbonyl (C=O) groups is 2. The second kappa shape index (κ2) is 37.0. The van der Waals surface area contributed by atoms with Crippen LogP contribution in [0.25, 0.3) is 0 Å². The Balaban J connectivity index is 4.04. The molecular formula is C41H75O8P. The Morgan fingerprint density at radius 3 is 1.48 bits per heavy atom. The first kappa shape index (κ1) is 48.3. The summed E-state index contributed by atoms with van der Waals surface area (Å²) in [6, 6.07) is 0. The van der Waals surface area contributed by atoms with Gasteiger partial charge in [-0.3, -0.25) is 18.6 Å². The normalized spacial score (nSPS) is 13.8. The van der Waals surface area contributed by atoms with Gasteiger partial charge in [-0.2, -0.15) is 0 Å². The maximum absolute atomic E-state index is 12.5. The molecule has 0 amide bonds. The van der Waals surface area contributed by atoms with E-state index in [0.29, 0.717) is 6.42 Å². The highest BCUT2D eigenvalue weighted by atomic mass is 31.2. The fourth-order valence-electron chi connectivity index (χ4n) is 5.43. The predicted molar refractivity (Wildman–Crippen MR) is 207 cm³/mol. The molecule has 292 valence electrons. The maximum Gasteiger partial charge on any atom is 0.472 e. The molecule has 9 heteroatoms. The Labute approximate surface area is 306 Å². The largest absolute Gasteiger partial charge is 0.472 e. The lowest BCUT2D eigenvalue weighted by molar-refractivity contribution is -0.161. The van der Waals surface area contributed by atoms with E-state index in [2.05, 4.69) is 54.8 Å². The van der Waals surface area contributed by atoms with Crippen molar-refractivity contribution in [2.24, 2.45) is 0 Å². The first-order valence-electron chi connectivity index (χ1n) is 20.2. The Morgan fingerprint density at radius 2 is 0.980 bits per heavy atom. The van der Waals surface area contributed by atoms with Crippen molar-refractivity contribution in [3.8, 4) is 0 Å². The summed E-state index contributed by atoms with van der Waals surface area (Å²) in [6.45, 7) is 3.82. The van der Waals surface area contributed by atoms with Gasteiger partial charge in [-0.05, 0) is 64.2 Å². The number of unbranched alkanes of at least 4 members (excludes halogenated alkanes) is 20. The van der Waals surface area contributed by atoms with E-state index in [0.717, 1.165) is 71.3 Å². The van der Waals surface area contributed by atoms with Crippen molar-refractivity contribution in [1.82, 2.24) is 0 Å². The summed E-state index contributed by atoms with van der Waals surface area (Å²) < 4.78 is 31.9. The van der Waals surface area contributed by atoms with Crippen LogP contribution in [0.3, 0.4) is 0 Å². The summed E-state index contributed by atoms with van der Waals surface area (Å²) in [7, 11) is -3.21. The minimum absolute atomic E-state index is 0.228. The molecule has 0 aromatic carbocycles. The Morgan fingerprint density at radius 1 is 0.560 bits per heavy atom. The SMILES string of the molecule is CCCC/C=C\C/C=C\CCCCCCCC(=O)OC(COC(=O)CCCCCCCCC/C=C\CCCCCCCC)COP(=O)(O)OC. The molecule has 0 aliphatic carbocycles. The highest BCUT2D eigenvalue weighted by Crippen LogP contribution is 2.42. The monoisotopic (exact) mass is 727 g/mol. The van der Waals surface area contributed by atoms with Crippen molar-refractivity contribution in [3.63, 3.8) is 0 Å². The third-order valence-electron chi connectivity index (χ3n) is 8.61. The van der Waals surface area contributed by atoms with Crippen LogP contribution in [0.2, 0.25) is 0 Å². The van der Waals surface area contributed by atoms with Gasteiger partial charge in [0.05, 0.1) is 6.61 Å². The number of carbonyl (C=O) groups excluding carboxylic acids is 2. The van der Waals surface area contributed by atoms with Gasteiger partial charge in [0, 0.05) is 20.0 Å². The van der Waals surface area contributed by atoms with E-state index in [1.807, 2.05) is 0 Å². The summed E-state index contributed by atoms with van der Waals surface area (Å²) in [5.41, 5.74) is 0. The zero-order valence-electron chi connectivity index (χ0n) is 32.3. The highest BCUT2D eigenvalue weighted by Gasteiger charge is 2.24. The summed E-state index contributed by atoms with van der Waals surface area (Å²) in [6.07, 6.45) is 41.9. The number of hydrogen-bond acceptors (Lipinski definition) is 7. The molecule has 0 spiro atoms. The van der Waals surface area contributed by atoms with Gasteiger partial charge in [-0.15, -0.1) is 0 Å². The molecular weight excluding hydrogens is 651 g/mol. The molecule has 0 aromatic rings. The number of ether oxygens (including phenoxy) is 2. The number of esters is 2. The molecule has 1 N–H and O–H groups in total. The van der Waals surface area contributed by atoms with Gasteiger partial charge >= 0.3 is 19.8 Å². The van der Waals surface area contributed by atoms with E-state index in [1.54, 1.807) is 0 Å². The maximum atomic E-state index is 12.5. The molecule has 0 aromatic heterocycles. The summed E-state index contributed by atoms with van der Waals surface area (Å²) in [5.74, 6) is -0.824. The van der Waals surface area contributed by atoms with Gasteiger partial charge < -0.3 is 14.4 Å². The van der Waals surface area contributed by atoms with Crippen LogP contribution in [0.5, 0.6) is 0 Å². The smallest absolute Gasteiger partial charge is 0.462 e. The van der Waals surface area contributed by atoms with Crippen LogP contribution in [0, 0.1) is 0 Å². The van der Waals surface area contributed by atoms with Crippen molar-refractivity contribution in [1.29, 1.82) is 0 Å². The zero-order chi connectivity index (χ0) is 36.8. The second-order valence-corrected chi connectivity index (χ2v) is 15.0. The predicted octanol–water partition coefficient (Wildman–Crippen LogP) is 12.4. The molecule has 0 radical (unpaired) electrons. The van der Waals surface area contributed by atoms with Crippen molar-refractivity contribution in [3.05, 3.63) is 36.5 Å². The lowest BCUT2D eigenvalue weighted by Crippen LogP contribution is -2.29. The molecule has 50 heavy (non-hydrogen) atoms. The van der Waals surface area contributed by atoms with Crippen molar-refractivity contribution in [2.75, 3.05) is 20.3 Å². The third kappa shape index (κ3) is 36.1. The van der Waals surface area contributed by atoms with Crippen LogP contribution in [0.4, 0.5) is 0 Å². The van der Waals surface area contributed by atoms with Gasteiger partial charge in [-0.25, -0.2) is 4.57 Å². The van der Waals surface area contributed by atoms with E-state index in [1.165, 1.54) is 89.9 Å². The molecule has 0 aliphatic rings. The number of phosphoric ester groups is 1. The van der Waals surface area contributed by atoms with Crippen molar-refractivity contribution >= 4 is 19.8 Å². The minimum atomic E-state index is -4.26. The van der Waals surface area contributed by atoms with Crippen molar-refractivity contribution < 1.29 is 37.6 Å². The number of allylic oxidation sites excluding steroid dienone is 6. The van der Waals surface area contributed by atoms with Gasteiger partial charge in [0.2, 0.25) is 0 Å². The van der Waals surface area contributed by atoms with Crippen LogP contribution < -0.4 is 0 Å². The Hall–Kier alpha value is -1.73. The molecule has 0 rings (SSSR count). The molecule has 0 heterocycles. The van der Waals surface area contributed by atoms with Crippen molar-refractivity contribution in [2.45, 2.75) is 193 Å². The lowest BCUT2D eigenvalue weighted by atomic mass is 10.1. The van der Waals surface area contributed by atoms with E-state index < -0.39 is 26.5 Å². The Kier molecular flexibility index (Phi) is 35.8. The molecule has 0 aliphatic heterocycles. The van der Waals surface area contributed by atoms with Gasteiger partial charge in [0.1, 0.15) is 6.61 Å². The number of rotatable bonds is 37. The highest BCUT2D eigenvalue weighted by molar-refractivity contribution is 7.47. The van der Waals surface area contributed by atoms with E-state index >= 15 is 0 Å². The Bertz CT molecular complexity index is 916. The molecule has 2 unspecified atom stereocenters. The van der Waals surface area contributed by atoms with Crippen LogP contribution in [-0.2, 0) is 32.7 Å². The summed E-state index contributed by atoms with van der Waals surface area (Å²) in [5, 5.41) is 0. The molecule has 8 nitrogen and oxygen atoms in total. The minimum Gasteiger partial charge on any atom is -0.462 e. The molecule has 0 bridgehead atoms. The number of phosphoric acid groups is 1. The van der Waals surface area contributed by atoms with Gasteiger partial charge in [-0.1, -0.05) is 147 Å². The second-order valence-electron chi connectivity index (χ2n) is 13.4. The number of hydrogen-bond donors (Lipinski definition) is 1. The molecule has 0 saturated carbocycles.